The molecule has 1 N–H and O–H groups in total. The van der Waals surface area contributed by atoms with Gasteiger partial charge in [0, 0.05) is 14.9 Å². The molecule has 4 heteroatoms. The summed E-state index contributed by atoms with van der Waals surface area (Å²) < 4.78 is 16.3. The van der Waals surface area contributed by atoms with Gasteiger partial charge in [-0.15, -0.1) is 11.3 Å². The average molecular weight is 203 g/mol. The zero-order valence-corrected chi connectivity index (χ0v) is 7.93. The molecule has 0 fully saturated rings. The molecule has 0 saturated heterocycles. The number of aromatic nitrogens is 1. The second-order valence-electron chi connectivity index (χ2n) is 3.02. The van der Waals surface area contributed by atoms with Crippen molar-refractivity contribution < 1.29 is 2.74 Å². The van der Waals surface area contributed by atoms with Gasteiger partial charge in [0.25, 0.3) is 0 Å². The molecule has 2 heterocycles. The second-order valence-corrected chi connectivity index (χ2v) is 4.05. The summed E-state index contributed by atoms with van der Waals surface area (Å²) in [7, 11) is 0. The number of nitrogens with zero attached hydrogens (tertiary/aromatic N) is 2. The van der Waals surface area contributed by atoms with Crippen molar-refractivity contribution in [2.75, 3.05) is 11.8 Å². The molecule has 0 spiro atoms. The van der Waals surface area contributed by atoms with Gasteiger partial charge in [-0.05, 0) is 24.1 Å². The molecule has 1 aromatic heterocycles. The average Bonchev–Trinajstić information content (AvgIpc) is 2.79. The normalized spacial score (nSPS) is 26.2. The van der Waals surface area contributed by atoms with Gasteiger partial charge in [0.1, 0.15) is 6.07 Å². The minimum Gasteiger partial charge on any atom is -0.384 e. The van der Waals surface area contributed by atoms with E-state index in [4.69, 9.17) is 8.00 Å². The van der Waals surface area contributed by atoms with Crippen molar-refractivity contribution in [2.45, 2.75) is 6.40 Å². The molecule has 2 unspecified atom stereocenters. The fourth-order valence-corrected chi connectivity index (χ4v) is 2.31. The Bertz CT molecular complexity index is 616. The molecule has 14 heavy (non-hydrogen) atoms. The van der Waals surface area contributed by atoms with E-state index in [1.165, 1.54) is 11.3 Å². The van der Waals surface area contributed by atoms with Gasteiger partial charge in [-0.1, -0.05) is 0 Å². The maximum absolute atomic E-state index is 8.76. The zero-order chi connectivity index (χ0) is 11.3. The van der Waals surface area contributed by atoms with E-state index in [0.717, 1.165) is 21.5 Å². The molecule has 0 bridgehead atoms. The topological polar surface area (TPSA) is 48.7 Å². The van der Waals surface area contributed by atoms with Crippen LogP contribution in [0.3, 0.4) is 0 Å². The van der Waals surface area contributed by atoms with Gasteiger partial charge in [0.05, 0.1) is 10.2 Å². The highest BCUT2D eigenvalue weighted by Gasteiger charge is 2.13. The SMILES string of the molecule is [2H]C1Nc2cc3sc(C#N)nc3cc2C1[2H]. The molecule has 0 saturated carbocycles. The van der Waals surface area contributed by atoms with E-state index < -0.39 is 12.9 Å². The van der Waals surface area contributed by atoms with Gasteiger partial charge < -0.3 is 5.32 Å². The van der Waals surface area contributed by atoms with E-state index >= 15 is 0 Å². The first-order chi connectivity index (χ1) is 7.69. The van der Waals surface area contributed by atoms with Gasteiger partial charge >= 0.3 is 0 Å². The van der Waals surface area contributed by atoms with E-state index in [-0.39, 0.29) is 0 Å². The highest BCUT2D eigenvalue weighted by molar-refractivity contribution is 7.19. The molecule has 0 amide bonds. The van der Waals surface area contributed by atoms with Crippen LogP contribution in [0.25, 0.3) is 10.2 Å². The maximum atomic E-state index is 8.76. The Balaban J connectivity index is 2.24. The molecule has 1 aliphatic heterocycles. The molecule has 68 valence electrons. The van der Waals surface area contributed by atoms with Crippen molar-refractivity contribution in [3.8, 4) is 6.07 Å². The Labute approximate surface area is 87.8 Å². The van der Waals surface area contributed by atoms with Crippen molar-refractivity contribution >= 4 is 27.2 Å². The van der Waals surface area contributed by atoms with Gasteiger partial charge in [-0.3, -0.25) is 0 Å². The maximum Gasteiger partial charge on any atom is 0.195 e. The lowest BCUT2D eigenvalue weighted by Crippen LogP contribution is -1.90. The van der Waals surface area contributed by atoms with E-state index in [9.17, 15) is 0 Å². The van der Waals surface area contributed by atoms with Crippen LogP contribution < -0.4 is 5.32 Å². The summed E-state index contributed by atoms with van der Waals surface area (Å²) in [5, 5.41) is 12.1. The number of benzene rings is 1. The third-order valence-electron chi connectivity index (χ3n) is 2.16. The summed E-state index contributed by atoms with van der Waals surface area (Å²) >= 11 is 1.33. The van der Waals surface area contributed by atoms with Crippen LogP contribution in [0, 0.1) is 11.3 Å². The van der Waals surface area contributed by atoms with Gasteiger partial charge in [-0.2, -0.15) is 5.26 Å². The van der Waals surface area contributed by atoms with E-state index in [2.05, 4.69) is 10.3 Å². The highest BCUT2D eigenvalue weighted by Crippen LogP contribution is 2.30. The van der Waals surface area contributed by atoms with Gasteiger partial charge in [-0.25, -0.2) is 4.98 Å². The Hall–Kier alpha value is -1.60. The fraction of sp³-hybridized carbons (Fsp3) is 0.200. The van der Waals surface area contributed by atoms with Gasteiger partial charge in [0.2, 0.25) is 0 Å². The zero-order valence-electron chi connectivity index (χ0n) is 9.11. The quantitative estimate of drug-likeness (QED) is 0.713. The van der Waals surface area contributed by atoms with Crippen LogP contribution in [0.1, 0.15) is 13.3 Å². The number of hydrogen-bond acceptors (Lipinski definition) is 4. The van der Waals surface area contributed by atoms with Crippen molar-refractivity contribution in [3.05, 3.63) is 22.7 Å². The molecular formula is C10H7N3S. The molecule has 2 aromatic rings. The molecule has 0 radical (unpaired) electrons. The third-order valence-corrected chi connectivity index (χ3v) is 3.08. The second kappa shape index (κ2) is 2.69. The number of nitrogens with one attached hydrogen (secondary N) is 1. The van der Waals surface area contributed by atoms with Crippen LogP contribution in [-0.4, -0.2) is 11.5 Å². The summed E-state index contributed by atoms with van der Waals surface area (Å²) in [6.07, 6.45) is -0.577. The Kier molecular flexibility index (Phi) is 1.15. The number of aryl methyl sites for hydroxylation is 1. The van der Waals surface area contributed by atoms with E-state index in [0.29, 0.717) is 5.01 Å². The Morgan fingerprint density at radius 1 is 1.64 bits per heavy atom. The van der Waals surface area contributed by atoms with Gasteiger partial charge in [0.15, 0.2) is 5.01 Å². The van der Waals surface area contributed by atoms with Crippen molar-refractivity contribution in [1.82, 2.24) is 4.98 Å². The monoisotopic (exact) mass is 203 g/mol. The molecule has 0 aliphatic carbocycles. The number of rotatable bonds is 0. The molecular weight excluding hydrogens is 194 g/mol. The van der Waals surface area contributed by atoms with Crippen molar-refractivity contribution in [1.29, 1.82) is 5.26 Å². The fourth-order valence-electron chi connectivity index (χ4n) is 1.52. The predicted molar refractivity (Wildman–Crippen MR) is 56.5 cm³/mol. The summed E-state index contributed by atoms with van der Waals surface area (Å²) in [4.78, 5) is 4.15. The minimum atomic E-state index is -0.609. The van der Waals surface area contributed by atoms with Crippen LogP contribution >= 0.6 is 11.3 Å². The summed E-state index contributed by atoms with van der Waals surface area (Å²) in [6.45, 7) is -0.609. The van der Waals surface area contributed by atoms with E-state index in [1.54, 1.807) is 6.07 Å². The van der Waals surface area contributed by atoms with Crippen LogP contribution in [-0.2, 0) is 6.40 Å². The standard InChI is InChI=1S/C10H7N3S/c11-5-10-13-8-3-6-1-2-12-7(6)4-9(8)14-10/h3-4,12H,1-2H2/i1D,2D. The van der Waals surface area contributed by atoms with E-state index in [1.807, 2.05) is 12.1 Å². The Morgan fingerprint density at radius 2 is 2.57 bits per heavy atom. The molecule has 1 aromatic carbocycles. The number of anilines is 1. The molecule has 3 nitrogen and oxygen atoms in total. The van der Waals surface area contributed by atoms with Crippen molar-refractivity contribution in [3.63, 3.8) is 0 Å². The highest BCUT2D eigenvalue weighted by atomic mass is 32.1. The molecule has 2 atom stereocenters. The lowest BCUT2D eigenvalue weighted by molar-refractivity contribution is 1.11. The minimum absolute atomic E-state index is 0.433. The van der Waals surface area contributed by atoms with Crippen LogP contribution in [0.15, 0.2) is 12.1 Å². The number of fused-ring (bicyclic) bond motifs is 2. The summed E-state index contributed by atoms with van der Waals surface area (Å²) in [5.41, 5.74) is 2.36. The summed E-state index contributed by atoms with van der Waals surface area (Å²) in [5.74, 6) is 0. The smallest absolute Gasteiger partial charge is 0.195 e. The number of nitriles is 1. The predicted octanol–water partition coefficient (Wildman–Crippen LogP) is 2.14. The molecule has 3 rings (SSSR count). The lowest BCUT2D eigenvalue weighted by Gasteiger charge is -1.97. The first kappa shape index (κ1) is 5.99. The first-order valence-corrected chi connectivity index (χ1v) is 4.96. The lowest BCUT2D eigenvalue weighted by atomic mass is 10.1. The Morgan fingerprint density at radius 3 is 3.43 bits per heavy atom. The molecule has 1 aliphatic rings. The summed E-state index contributed by atoms with van der Waals surface area (Å²) in [6, 6.07) is 5.70. The largest absolute Gasteiger partial charge is 0.384 e. The number of hydrogen-bond donors (Lipinski definition) is 1. The first-order valence-electron chi connectivity index (χ1n) is 5.30. The number of thiazole rings is 1. The van der Waals surface area contributed by atoms with Crippen LogP contribution in [0.4, 0.5) is 5.69 Å². The third kappa shape index (κ3) is 0.994. The van der Waals surface area contributed by atoms with Crippen LogP contribution in [0.2, 0.25) is 0 Å². The van der Waals surface area contributed by atoms with Crippen LogP contribution in [0.5, 0.6) is 0 Å². The van der Waals surface area contributed by atoms with Crippen molar-refractivity contribution in [2.24, 2.45) is 0 Å².